The van der Waals surface area contributed by atoms with E-state index in [2.05, 4.69) is 99.6 Å². The van der Waals surface area contributed by atoms with Crippen LogP contribution in [0.25, 0.3) is 16.9 Å². The van der Waals surface area contributed by atoms with E-state index < -0.39 is 0 Å². The fourth-order valence-corrected chi connectivity index (χ4v) is 5.63. The summed E-state index contributed by atoms with van der Waals surface area (Å²) in [6.45, 7) is 13.4. The van der Waals surface area contributed by atoms with Gasteiger partial charge in [-0.1, -0.05) is 80.1 Å². The minimum absolute atomic E-state index is 0.127. The van der Waals surface area contributed by atoms with E-state index in [0.717, 1.165) is 16.9 Å². The van der Waals surface area contributed by atoms with Gasteiger partial charge in [0.15, 0.2) is 0 Å². The number of aromatic nitrogens is 3. The molecule has 3 aromatic heterocycles. The Balaban J connectivity index is 1.69. The van der Waals surface area contributed by atoms with Gasteiger partial charge in [0, 0.05) is 24.0 Å². The van der Waals surface area contributed by atoms with Crippen molar-refractivity contribution in [2.45, 2.75) is 41.5 Å². The maximum Gasteiger partial charge on any atom is 0.244 e. The number of pyridine rings is 2. The molecule has 0 radical (unpaired) electrons. The highest BCUT2D eigenvalue weighted by Crippen LogP contribution is 2.17. The number of hydrogen-bond acceptors (Lipinski definition) is 2. The zero-order valence-electron chi connectivity index (χ0n) is 20.8. The minimum Gasteiger partial charge on any atom is -0.285 e. The molecule has 0 saturated carbocycles. The maximum absolute atomic E-state index is 4.92. The molecule has 2 aromatic carbocycles. The Morgan fingerprint density at radius 3 is 1.79 bits per heavy atom. The van der Waals surface area contributed by atoms with Gasteiger partial charge in [-0.2, -0.15) is 0 Å². The van der Waals surface area contributed by atoms with Crippen LogP contribution >= 0.6 is 0 Å². The summed E-state index contributed by atoms with van der Waals surface area (Å²) < 4.78 is 2.05. The van der Waals surface area contributed by atoms with Gasteiger partial charge in [-0.3, -0.25) is 4.57 Å². The molecule has 168 valence electrons. The summed E-state index contributed by atoms with van der Waals surface area (Å²) >= 11 is 0. The van der Waals surface area contributed by atoms with Crippen LogP contribution in [0.5, 0.6) is 0 Å². The first-order valence-corrected chi connectivity index (χ1v) is 11.9. The number of aryl methyl sites for hydroxylation is 6. The Kier molecular flexibility index (Phi) is 5.61. The van der Waals surface area contributed by atoms with Gasteiger partial charge >= 0.3 is 0 Å². The second kappa shape index (κ2) is 8.60. The molecule has 0 amide bonds. The van der Waals surface area contributed by atoms with Crippen LogP contribution in [0.4, 0.5) is 0 Å². The van der Waals surface area contributed by atoms with E-state index in [0.29, 0.717) is 0 Å². The van der Waals surface area contributed by atoms with Crippen LogP contribution < -0.4 is 16.4 Å². The first kappa shape index (κ1) is 22.2. The van der Waals surface area contributed by atoms with Gasteiger partial charge in [-0.15, -0.1) is 0 Å². The first-order chi connectivity index (χ1) is 16.3. The highest BCUT2D eigenvalue weighted by Gasteiger charge is 2.28. The van der Waals surface area contributed by atoms with Crippen molar-refractivity contribution in [3.05, 3.63) is 107 Å². The van der Waals surface area contributed by atoms with Crippen LogP contribution in [0, 0.1) is 41.5 Å². The molecular formula is C30H30BN3. The molecule has 0 aliphatic carbocycles. The molecule has 0 N–H and O–H groups in total. The second-order valence-corrected chi connectivity index (χ2v) is 9.61. The summed E-state index contributed by atoms with van der Waals surface area (Å²) in [6, 6.07) is 19.7. The monoisotopic (exact) mass is 443 g/mol. The van der Waals surface area contributed by atoms with Gasteiger partial charge in [-0.25, -0.2) is 9.97 Å². The summed E-state index contributed by atoms with van der Waals surface area (Å²) in [5.74, 6) is 0.880. The molecule has 0 fully saturated rings. The smallest absolute Gasteiger partial charge is 0.244 e. The van der Waals surface area contributed by atoms with Gasteiger partial charge in [0.25, 0.3) is 0 Å². The first-order valence-electron chi connectivity index (χ1n) is 11.9. The average molecular weight is 443 g/mol. The van der Waals surface area contributed by atoms with Crippen molar-refractivity contribution in [2.24, 2.45) is 0 Å². The summed E-state index contributed by atoms with van der Waals surface area (Å²) in [5, 5.41) is 1.11. The maximum atomic E-state index is 4.92. The number of nitrogens with zero attached hydrogens (tertiary/aromatic N) is 3. The fourth-order valence-electron chi connectivity index (χ4n) is 5.63. The third kappa shape index (κ3) is 3.83. The van der Waals surface area contributed by atoms with E-state index >= 15 is 0 Å². The van der Waals surface area contributed by atoms with Crippen molar-refractivity contribution >= 4 is 34.1 Å². The standard InChI is InChI=1S/C30H30BN3/c1-19-14-21(3)28(22(4)15-19)31(29-23(5)16-20(2)17-24(29)6)26-9-10-27(33-18-26)34-13-11-25-8-7-12-32-30(25)34/h7-18H,1-6H3. The number of benzene rings is 2. The van der Waals surface area contributed by atoms with Crippen LogP contribution in [0.2, 0.25) is 0 Å². The van der Waals surface area contributed by atoms with E-state index in [1.165, 1.54) is 49.8 Å². The van der Waals surface area contributed by atoms with Crippen LogP contribution in [-0.2, 0) is 0 Å². The lowest BCUT2D eigenvalue weighted by molar-refractivity contribution is 1.03. The molecule has 5 aromatic rings. The van der Waals surface area contributed by atoms with E-state index in [1.54, 1.807) is 0 Å². The Labute approximate surface area is 202 Å². The fraction of sp³-hybridized carbons (Fsp3) is 0.200. The lowest BCUT2D eigenvalue weighted by Crippen LogP contribution is -2.56. The second-order valence-electron chi connectivity index (χ2n) is 9.61. The molecule has 5 rings (SSSR count). The van der Waals surface area contributed by atoms with Crippen molar-refractivity contribution in [2.75, 3.05) is 0 Å². The van der Waals surface area contributed by atoms with E-state index in [4.69, 9.17) is 4.98 Å². The molecule has 0 aliphatic heterocycles. The molecule has 34 heavy (non-hydrogen) atoms. The van der Waals surface area contributed by atoms with E-state index in [-0.39, 0.29) is 6.71 Å². The SMILES string of the molecule is Cc1cc(C)c(B(c2ccc(-n3ccc4cccnc43)nc2)c2c(C)cc(C)cc2C)c(C)c1. The Morgan fingerprint density at radius 2 is 1.26 bits per heavy atom. The molecule has 3 heterocycles. The Bertz CT molecular complexity index is 1410. The van der Waals surface area contributed by atoms with Crippen molar-refractivity contribution in [1.29, 1.82) is 0 Å². The third-order valence-corrected chi connectivity index (χ3v) is 6.85. The topological polar surface area (TPSA) is 30.7 Å². The number of hydrogen-bond donors (Lipinski definition) is 0. The summed E-state index contributed by atoms with van der Waals surface area (Å²) in [4.78, 5) is 9.48. The van der Waals surface area contributed by atoms with Crippen LogP contribution in [0.1, 0.15) is 33.4 Å². The number of fused-ring (bicyclic) bond motifs is 1. The van der Waals surface area contributed by atoms with E-state index in [1.807, 2.05) is 24.7 Å². The molecule has 0 spiro atoms. The molecule has 0 aliphatic rings. The summed E-state index contributed by atoms with van der Waals surface area (Å²) in [5.41, 5.74) is 12.8. The normalized spacial score (nSPS) is 11.2. The van der Waals surface area contributed by atoms with Crippen LogP contribution in [0.3, 0.4) is 0 Å². The quantitative estimate of drug-likeness (QED) is 0.374. The van der Waals surface area contributed by atoms with Crippen molar-refractivity contribution < 1.29 is 0 Å². The average Bonchev–Trinajstić information content (AvgIpc) is 3.21. The van der Waals surface area contributed by atoms with Crippen LogP contribution in [-0.4, -0.2) is 21.2 Å². The molecular weight excluding hydrogens is 413 g/mol. The Morgan fingerprint density at radius 1 is 0.676 bits per heavy atom. The Hall–Kier alpha value is -3.66. The minimum atomic E-state index is 0.127. The summed E-state index contributed by atoms with van der Waals surface area (Å²) in [7, 11) is 0. The van der Waals surface area contributed by atoms with Gasteiger partial charge in [0.05, 0.1) is 0 Å². The third-order valence-electron chi connectivity index (χ3n) is 6.85. The van der Waals surface area contributed by atoms with Crippen molar-refractivity contribution in [3.8, 4) is 5.82 Å². The highest BCUT2D eigenvalue weighted by atomic mass is 15.1. The van der Waals surface area contributed by atoms with Gasteiger partial charge in [-0.05, 0) is 65.8 Å². The predicted molar refractivity (Wildman–Crippen MR) is 145 cm³/mol. The zero-order chi connectivity index (χ0) is 24.0. The molecule has 4 heteroatoms. The predicted octanol–water partition coefficient (Wildman–Crippen LogP) is 4.79. The number of rotatable bonds is 4. The lowest BCUT2D eigenvalue weighted by Gasteiger charge is -2.24. The largest absolute Gasteiger partial charge is 0.285 e. The summed E-state index contributed by atoms with van der Waals surface area (Å²) in [6.07, 6.45) is 5.92. The van der Waals surface area contributed by atoms with Crippen molar-refractivity contribution in [1.82, 2.24) is 14.5 Å². The highest BCUT2D eigenvalue weighted by molar-refractivity contribution is 6.96. The zero-order valence-corrected chi connectivity index (χ0v) is 20.8. The molecule has 0 atom stereocenters. The molecule has 0 bridgehead atoms. The van der Waals surface area contributed by atoms with Gasteiger partial charge in [0.1, 0.15) is 11.5 Å². The molecule has 0 saturated heterocycles. The molecule has 0 unspecified atom stereocenters. The van der Waals surface area contributed by atoms with Crippen LogP contribution in [0.15, 0.2) is 73.2 Å². The lowest BCUT2D eigenvalue weighted by atomic mass is 9.34. The van der Waals surface area contributed by atoms with Gasteiger partial charge in [0.2, 0.25) is 6.71 Å². The molecule has 3 nitrogen and oxygen atoms in total. The van der Waals surface area contributed by atoms with Crippen molar-refractivity contribution in [3.63, 3.8) is 0 Å². The van der Waals surface area contributed by atoms with E-state index in [9.17, 15) is 0 Å². The van der Waals surface area contributed by atoms with Gasteiger partial charge < -0.3 is 0 Å².